The van der Waals surface area contributed by atoms with Crippen LogP contribution in [0.15, 0.2) is 97.2 Å². The predicted octanol–water partition coefficient (Wildman–Crippen LogP) is 11.3. The third kappa shape index (κ3) is 39.6. The third-order valence-corrected chi connectivity index (χ3v) is 9.81. The summed E-state index contributed by atoms with van der Waals surface area (Å²) in [5.74, 6) is -0.227. The Bertz CT molecular complexity index is 1230. The van der Waals surface area contributed by atoms with Crippen LogP contribution in [-0.4, -0.2) is 68.5 Å². The molecule has 3 unspecified atom stereocenters. The van der Waals surface area contributed by atoms with Gasteiger partial charge in [-0.15, -0.1) is 0 Å². The highest BCUT2D eigenvalue weighted by molar-refractivity contribution is 7.45. The summed E-state index contributed by atoms with van der Waals surface area (Å²) >= 11 is 0. The number of carbonyl (C=O) groups excluding carboxylic acids is 1. The van der Waals surface area contributed by atoms with Crippen LogP contribution in [0.1, 0.15) is 142 Å². The number of carbonyl (C=O) groups is 1. The molecular formula is C47H81N2O6P. The molecule has 0 aromatic heterocycles. The molecule has 0 aromatic rings. The van der Waals surface area contributed by atoms with Gasteiger partial charge in [-0.1, -0.05) is 149 Å². The summed E-state index contributed by atoms with van der Waals surface area (Å²) in [6, 6.07) is -0.916. The lowest BCUT2D eigenvalue weighted by Gasteiger charge is -2.29. The first kappa shape index (κ1) is 53.4. The van der Waals surface area contributed by atoms with Gasteiger partial charge in [-0.05, 0) is 84.0 Å². The molecule has 0 saturated carbocycles. The fourth-order valence-electron chi connectivity index (χ4n) is 5.45. The van der Waals surface area contributed by atoms with Crippen LogP contribution in [0.4, 0.5) is 0 Å². The first-order valence-corrected chi connectivity index (χ1v) is 23.0. The molecule has 0 radical (unpaired) electrons. The summed E-state index contributed by atoms with van der Waals surface area (Å²) in [6.45, 7) is 4.23. The zero-order chi connectivity index (χ0) is 41.4. The van der Waals surface area contributed by atoms with Crippen molar-refractivity contribution in [2.45, 2.75) is 154 Å². The molecule has 0 fully saturated rings. The SMILES string of the molecule is C/C=C/CC/C=C/CC/C=C/C(O)C(COP(=O)([O-])OCC[N+](C)(C)C)NC(=O)CCCCCCCCCCC/C=C\C/C=C\C/C=C\C/C=C\C/C=C\CC. The number of hydrogen-bond acceptors (Lipinski definition) is 6. The van der Waals surface area contributed by atoms with Gasteiger partial charge in [-0.2, -0.15) is 0 Å². The van der Waals surface area contributed by atoms with E-state index in [1.165, 1.54) is 32.1 Å². The van der Waals surface area contributed by atoms with Gasteiger partial charge < -0.3 is 28.8 Å². The van der Waals surface area contributed by atoms with Gasteiger partial charge in [0, 0.05) is 6.42 Å². The molecule has 0 saturated heterocycles. The fourth-order valence-corrected chi connectivity index (χ4v) is 6.17. The number of hydrogen-bond donors (Lipinski definition) is 2. The summed E-state index contributed by atoms with van der Waals surface area (Å²) in [5, 5.41) is 13.7. The lowest BCUT2D eigenvalue weighted by Crippen LogP contribution is -2.45. The molecule has 0 aromatic carbocycles. The number of phosphoric acid groups is 1. The number of nitrogens with one attached hydrogen (secondary N) is 1. The van der Waals surface area contributed by atoms with Crippen LogP contribution in [0.3, 0.4) is 0 Å². The second kappa shape index (κ2) is 38.0. The molecule has 0 spiro atoms. The largest absolute Gasteiger partial charge is 0.756 e. The highest BCUT2D eigenvalue weighted by Crippen LogP contribution is 2.38. The van der Waals surface area contributed by atoms with E-state index in [0.717, 1.165) is 89.9 Å². The van der Waals surface area contributed by atoms with Crippen LogP contribution in [0.25, 0.3) is 0 Å². The van der Waals surface area contributed by atoms with Crippen LogP contribution >= 0.6 is 7.82 Å². The molecule has 320 valence electrons. The number of likely N-dealkylation sites (N-methyl/N-ethyl adjacent to an activating group) is 1. The number of rotatable bonds is 37. The molecule has 3 atom stereocenters. The van der Waals surface area contributed by atoms with Gasteiger partial charge in [0.05, 0.1) is 39.9 Å². The van der Waals surface area contributed by atoms with E-state index < -0.39 is 26.6 Å². The van der Waals surface area contributed by atoms with Crippen molar-refractivity contribution in [3.8, 4) is 0 Å². The molecule has 1 amide bonds. The van der Waals surface area contributed by atoms with E-state index in [9.17, 15) is 19.4 Å². The second-order valence-electron chi connectivity index (χ2n) is 15.3. The Morgan fingerprint density at radius 2 is 1.12 bits per heavy atom. The van der Waals surface area contributed by atoms with E-state index >= 15 is 0 Å². The Morgan fingerprint density at radius 3 is 1.66 bits per heavy atom. The number of unbranched alkanes of at least 4 members (excludes halogenated alkanes) is 11. The van der Waals surface area contributed by atoms with Crippen molar-refractivity contribution in [1.82, 2.24) is 5.32 Å². The smallest absolute Gasteiger partial charge is 0.268 e. The minimum atomic E-state index is -4.60. The molecule has 0 heterocycles. The van der Waals surface area contributed by atoms with Crippen molar-refractivity contribution in [1.29, 1.82) is 0 Å². The van der Waals surface area contributed by atoms with E-state index in [0.29, 0.717) is 17.4 Å². The minimum Gasteiger partial charge on any atom is -0.756 e. The summed E-state index contributed by atoms with van der Waals surface area (Å²) in [6.07, 6.45) is 53.4. The fraction of sp³-hybridized carbons (Fsp3) is 0.638. The van der Waals surface area contributed by atoms with Crippen molar-refractivity contribution in [3.63, 3.8) is 0 Å². The van der Waals surface area contributed by atoms with E-state index in [-0.39, 0.29) is 12.5 Å². The van der Waals surface area contributed by atoms with E-state index in [4.69, 9.17) is 9.05 Å². The lowest BCUT2D eigenvalue weighted by atomic mass is 10.1. The zero-order valence-electron chi connectivity index (χ0n) is 36.0. The van der Waals surface area contributed by atoms with E-state index in [1.807, 2.05) is 40.2 Å². The van der Waals surface area contributed by atoms with E-state index in [2.05, 4.69) is 91.2 Å². The van der Waals surface area contributed by atoms with Crippen LogP contribution < -0.4 is 10.2 Å². The molecule has 0 aliphatic heterocycles. The van der Waals surface area contributed by atoms with Gasteiger partial charge in [0.25, 0.3) is 7.82 Å². The maximum atomic E-state index is 12.8. The van der Waals surface area contributed by atoms with Gasteiger partial charge >= 0.3 is 0 Å². The Hall–Kier alpha value is -2.58. The molecule has 0 bridgehead atoms. The molecule has 56 heavy (non-hydrogen) atoms. The van der Waals surface area contributed by atoms with Crippen molar-refractivity contribution in [2.75, 3.05) is 40.9 Å². The summed E-state index contributed by atoms with van der Waals surface area (Å²) < 4.78 is 23.1. The molecule has 0 aliphatic carbocycles. The molecule has 0 aliphatic rings. The highest BCUT2D eigenvalue weighted by atomic mass is 31.2. The standard InChI is InChI=1S/C47H81N2O6P/c1-6-8-10-12-14-16-17-18-19-20-21-22-23-24-25-26-27-28-29-30-31-33-35-37-39-41-47(51)48-45(44-55-56(52,53)54-43-42-49(3,4)5)46(50)40-38-36-34-32-15-13-11-9-7-2/h7-10,14-16,18-19,21-22,24-25,32,38,40,45-46,50H,6,11-13,17,20,23,26-31,33-37,39,41-44H2,1-5H3,(H-,48,51,52,53)/b9-7+,10-8-,16-14-,19-18-,22-21-,25-24-,32-15+,40-38+. The summed E-state index contributed by atoms with van der Waals surface area (Å²) in [4.78, 5) is 25.2. The van der Waals surface area contributed by atoms with Crippen LogP contribution in [-0.2, 0) is 18.4 Å². The average Bonchev–Trinajstić information content (AvgIpc) is 3.15. The number of allylic oxidation sites excluding steroid dienone is 15. The van der Waals surface area contributed by atoms with Crippen molar-refractivity contribution in [2.24, 2.45) is 0 Å². The summed E-state index contributed by atoms with van der Waals surface area (Å²) in [5.41, 5.74) is 0. The number of amides is 1. The molecule has 2 N–H and O–H groups in total. The van der Waals surface area contributed by atoms with Crippen molar-refractivity contribution >= 4 is 13.7 Å². The summed E-state index contributed by atoms with van der Waals surface area (Å²) in [7, 11) is 1.21. The van der Waals surface area contributed by atoms with Crippen LogP contribution in [0, 0.1) is 0 Å². The second-order valence-corrected chi connectivity index (χ2v) is 16.7. The van der Waals surface area contributed by atoms with Gasteiger partial charge in [-0.25, -0.2) is 0 Å². The maximum absolute atomic E-state index is 12.8. The number of phosphoric ester groups is 1. The monoisotopic (exact) mass is 801 g/mol. The number of nitrogens with zero attached hydrogens (tertiary/aromatic N) is 1. The number of aliphatic hydroxyl groups is 1. The van der Waals surface area contributed by atoms with Gasteiger partial charge in [0.2, 0.25) is 5.91 Å². The average molecular weight is 801 g/mol. The van der Waals surface area contributed by atoms with Crippen molar-refractivity contribution in [3.05, 3.63) is 97.2 Å². The normalized spacial score (nSPS) is 15.3. The number of quaternary nitrogens is 1. The van der Waals surface area contributed by atoms with Gasteiger partial charge in [0.15, 0.2) is 0 Å². The topological polar surface area (TPSA) is 108 Å². The van der Waals surface area contributed by atoms with Gasteiger partial charge in [0.1, 0.15) is 13.2 Å². The third-order valence-electron chi connectivity index (χ3n) is 8.85. The lowest BCUT2D eigenvalue weighted by molar-refractivity contribution is -0.870. The van der Waals surface area contributed by atoms with Crippen LogP contribution in [0.5, 0.6) is 0 Å². The molecule has 9 heteroatoms. The van der Waals surface area contributed by atoms with Gasteiger partial charge in [-0.3, -0.25) is 9.36 Å². The Kier molecular flexibility index (Phi) is 36.2. The quantitative estimate of drug-likeness (QED) is 0.0280. The molecule has 0 rings (SSSR count). The van der Waals surface area contributed by atoms with Crippen LogP contribution in [0.2, 0.25) is 0 Å². The Labute approximate surface area is 343 Å². The predicted molar refractivity (Wildman–Crippen MR) is 237 cm³/mol. The van der Waals surface area contributed by atoms with Crippen molar-refractivity contribution < 1.29 is 32.9 Å². The first-order valence-electron chi connectivity index (χ1n) is 21.6. The zero-order valence-corrected chi connectivity index (χ0v) is 36.9. The minimum absolute atomic E-state index is 0.0161. The first-order chi connectivity index (χ1) is 27.0. The molecule has 8 nitrogen and oxygen atoms in total. The number of aliphatic hydroxyl groups excluding tert-OH is 1. The molecular weight excluding hydrogens is 719 g/mol. The Balaban J connectivity index is 4.29. The maximum Gasteiger partial charge on any atom is 0.268 e. The Morgan fingerprint density at radius 1 is 0.661 bits per heavy atom. The highest BCUT2D eigenvalue weighted by Gasteiger charge is 2.23. The van der Waals surface area contributed by atoms with E-state index in [1.54, 1.807) is 6.08 Å².